The zero-order valence-corrected chi connectivity index (χ0v) is 48.4. The van der Waals surface area contributed by atoms with Gasteiger partial charge in [0.25, 0.3) is 0 Å². The van der Waals surface area contributed by atoms with E-state index >= 15 is 0 Å². The monoisotopic (exact) mass is 1100 g/mol. The van der Waals surface area contributed by atoms with Crippen molar-refractivity contribution in [2.24, 2.45) is 0 Å². The molecule has 78 heavy (non-hydrogen) atoms. The Morgan fingerprint density at radius 2 is 0.885 bits per heavy atom. The van der Waals surface area contributed by atoms with Crippen molar-refractivity contribution in [2.45, 2.75) is 293 Å². The standard InChI is InChI=1S/C64H111NO13/c1-3-5-7-9-11-13-15-17-19-21-23-25-26-28-29-31-33-35-37-39-41-43-45-47-53(68)52(51-75-63-61(74)59(72)62(55(50-67)77-63)78-64-60(73)58(71)57(70)54(49-66)76-64)65-56(69)48-46-44-42-40-38-36-34-32-30-27-24-22-20-18-16-14-12-10-8-6-4-2/h6,8,12,14,18,20,24,27,32,34,38,40,45,47,52-55,57-64,66-68,70-74H,3-5,7,9-11,13,15-17,19,21-23,25-26,28-31,33,35-37,39,41-44,46,48-51H2,1-2H3,(H,65,69)/b8-6-,14-12-,20-18-,27-24-,34-32-,40-38-,47-45+. The van der Waals surface area contributed by atoms with Gasteiger partial charge in [0.2, 0.25) is 5.91 Å². The number of hydrogen-bond acceptors (Lipinski definition) is 13. The summed E-state index contributed by atoms with van der Waals surface area (Å²) in [5.74, 6) is -0.283. The maximum absolute atomic E-state index is 13.3. The number of aliphatic hydroxyl groups excluding tert-OH is 8. The number of nitrogens with one attached hydrogen (secondary N) is 1. The molecule has 12 atom stereocenters. The summed E-state index contributed by atoms with van der Waals surface area (Å²) < 4.78 is 22.8. The summed E-state index contributed by atoms with van der Waals surface area (Å²) in [7, 11) is 0. The summed E-state index contributed by atoms with van der Waals surface area (Å²) >= 11 is 0. The summed E-state index contributed by atoms with van der Waals surface area (Å²) in [5, 5.41) is 87.2. The Morgan fingerprint density at radius 1 is 0.474 bits per heavy atom. The molecule has 2 fully saturated rings. The maximum Gasteiger partial charge on any atom is 0.220 e. The second-order valence-electron chi connectivity index (χ2n) is 21.5. The minimum Gasteiger partial charge on any atom is -0.394 e. The predicted octanol–water partition coefficient (Wildman–Crippen LogP) is 10.9. The van der Waals surface area contributed by atoms with E-state index in [0.717, 1.165) is 70.6 Å². The van der Waals surface area contributed by atoms with Gasteiger partial charge in [-0.2, -0.15) is 0 Å². The molecule has 2 aliphatic rings. The highest BCUT2D eigenvalue weighted by Gasteiger charge is 2.51. The fourth-order valence-electron chi connectivity index (χ4n) is 9.65. The van der Waals surface area contributed by atoms with Crippen LogP contribution in [0.15, 0.2) is 85.1 Å². The maximum atomic E-state index is 13.3. The van der Waals surface area contributed by atoms with Crippen molar-refractivity contribution >= 4 is 5.91 Å². The summed E-state index contributed by atoms with van der Waals surface area (Å²) in [6.45, 7) is 2.66. The quantitative estimate of drug-likeness (QED) is 0.0204. The van der Waals surface area contributed by atoms with Crippen molar-refractivity contribution in [1.82, 2.24) is 5.32 Å². The second kappa shape index (κ2) is 48.8. The number of unbranched alkanes of at least 4 members (excludes halogenated alkanes) is 23. The first-order chi connectivity index (χ1) is 38.1. The lowest BCUT2D eigenvalue weighted by Gasteiger charge is -2.46. The lowest BCUT2D eigenvalue weighted by Crippen LogP contribution is -2.65. The molecule has 0 aromatic rings. The topological polar surface area (TPSA) is 228 Å². The van der Waals surface area contributed by atoms with Gasteiger partial charge in [-0.3, -0.25) is 4.79 Å². The van der Waals surface area contributed by atoms with Crippen molar-refractivity contribution in [3.05, 3.63) is 85.1 Å². The molecule has 9 N–H and O–H groups in total. The van der Waals surface area contributed by atoms with Gasteiger partial charge >= 0.3 is 0 Å². The average Bonchev–Trinajstić information content (AvgIpc) is 3.48. The van der Waals surface area contributed by atoms with Crippen LogP contribution in [0, 0.1) is 0 Å². The van der Waals surface area contributed by atoms with Crippen LogP contribution in [0.3, 0.4) is 0 Å². The average molecular weight is 1100 g/mol. The first-order valence-electron chi connectivity index (χ1n) is 30.8. The number of rotatable bonds is 48. The molecular formula is C64H111NO13. The van der Waals surface area contributed by atoms with E-state index < -0.39 is 86.8 Å². The van der Waals surface area contributed by atoms with Crippen molar-refractivity contribution in [1.29, 1.82) is 0 Å². The van der Waals surface area contributed by atoms with Crippen molar-refractivity contribution in [3.8, 4) is 0 Å². The van der Waals surface area contributed by atoms with Gasteiger partial charge in [0.05, 0.1) is 32.0 Å². The lowest BCUT2D eigenvalue weighted by molar-refractivity contribution is -0.359. The van der Waals surface area contributed by atoms with Gasteiger partial charge in [-0.25, -0.2) is 0 Å². The molecule has 450 valence electrons. The normalized spacial score (nSPS) is 25.2. The first kappa shape index (κ1) is 71.3. The van der Waals surface area contributed by atoms with Crippen LogP contribution in [0.5, 0.6) is 0 Å². The van der Waals surface area contributed by atoms with E-state index in [1.165, 1.54) is 122 Å². The molecular weight excluding hydrogens is 991 g/mol. The molecule has 0 aromatic heterocycles. The molecule has 2 saturated heterocycles. The number of carbonyl (C=O) groups excluding carboxylic acids is 1. The number of allylic oxidation sites excluding steroid dienone is 13. The van der Waals surface area contributed by atoms with Gasteiger partial charge in [-0.05, 0) is 70.6 Å². The van der Waals surface area contributed by atoms with Gasteiger partial charge in [0.15, 0.2) is 12.6 Å². The van der Waals surface area contributed by atoms with Crippen molar-refractivity contribution in [2.75, 3.05) is 19.8 Å². The Kier molecular flexibility index (Phi) is 44.6. The highest BCUT2D eigenvalue weighted by Crippen LogP contribution is 2.30. The SMILES string of the molecule is CC/C=C\C/C=C\C/C=C\C/C=C\C/C=C\C/C=C\CCCCC(=O)NC(COC1OC(CO)C(OC2OC(CO)C(O)C(O)C2O)C(O)C1O)C(O)/C=C/CCCCCCCCCCCCCCCCCCCCCCC. The smallest absolute Gasteiger partial charge is 0.220 e. The molecule has 0 aromatic carbocycles. The largest absolute Gasteiger partial charge is 0.394 e. The zero-order chi connectivity index (χ0) is 56.7. The number of carbonyl (C=O) groups is 1. The van der Waals surface area contributed by atoms with E-state index in [1.54, 1.807) is 6.08 Å². The number of aliphatic hydroxyl groups is 8. The van der Waals surface area contributed by atoms with Gasteiger partial charge in [0.1, 0.15) is 48.8 Å². The summed E-state index contributed by atoms with van der Waals surface area (Å²) in [6.07, 6.45) is 49.1. The molecule has 2 rings (SSSR count). The minimum atomic E-state index is -1.80. The number of hydrogen-bond donors (Lipinski definition) is 9. The fraction of sp³-hybridized carbons (Fsp3) is 0.766. The number of ether oxygens (including phenoxy) is 4. The Morgan fingerprint density at radius 3 is 1.36 bits per heavy atom. The zero-order valence-electron chi connectivity index (χ0n) is 48.4. The Hall–Kier alpha value is -2.83. The van der Waals surface area contributed by atoms with E-state index in [1.807, 2.05) is 6.08 Å². The highest BCUT2D eigenvalue weighted by atomic mass is 16.7. The fourth-order valence-corrected chi connectivity index (χ4v) is 9.65. The van der Waals surface area contributed by atoms with Crippen molar-refractivity contribution < 1.29 is 64.6 Å². The van der Waals surface area contributed by atoms with Crippen LogP contribution in [0.4, 0.5) is 0 Å². The van der Waals surface area contributed by atoms with Crippen LogP contribution in [-0.4, -0.2) is 140 Å². The molecule has 0 saturated carbocycles. The minimum absolute atomic E-state index is 0.222. The Labute approximate surface area is 471 Å². The molecule has 0 radical (unpaired) electrons. The van der Waals surface area contributed by atoms with Gasteiger partial charge in [-0.15, -0.1) is 0 Å². The van der Waals surface area contributed by atoms with Crippen LogP contribution in [0.2, 0.25) is 0 Å². The predicted molar refractivity (Wildman–Crippen MR) is 313 cm³/mol. The van der Waals surface area contributed by atoms with Crippen LogP contribution < -0.4 is 5.32 Å². The molecule has 2 heterocycles. The van der Waals surface area contributed by atoms with Gasteiger partial charge < -0.3 is 65.1 Å². The third-order valence-electron chi connectivity index (χ3n) is 14.6. The molecule has 0 aliphatic carbocycles. The molecule has 12 unspecified atom stereocenters. The van der Waals surface area contributed by atoms with Crippen LogP contribution in [0.25, 0.3) is 0 Å². The molecule has 0 bridgehead atoms. The third-order valence-corrected chi connectivity index (χ3v) is 14.6. The molecule has 1 amide bonds. The Bertz CT molecular complexity index is 1630. The van der Waals surface area contributed by atoms with E-state index in [-0.39, 0.29) is 18.9 Å². The summed E-state index contributed by atoms with van der Waals surface area (Å²) in [6, 6.07) is -0.944. The van der Waals surface area contributed by atoms with Gasteiger partial charge in [0, 0.05) is 6.42 Å². The van der Waals surface area contributed by atoms with E-state index in [4.69, 9.17) is 18.9 Å². The van der Waals surface area contributed by atoms with E-state index in [0.29, 0.717) is 6.42 Å². The number of amides is 1. The van der Waals surface area contributed by atoms with Crippen LogP contribution in [-0.2, 0) is 23.7 Å². The van der Waals surface area contributed by atoms with Crippen LogP contribution >= 0.6 is 0 Å². The van der Waals surface area contributed by atoms with Crippen molar-refractivity contribution in [3.63, 3.8) is 0 Å². The summed E-state index contributed by atoms with van der Waals surface area (Å²) in [4.78, 5) is 13.3. The van der Waals surface area contributed by atoms with Gasteiger partial charge in [-0.1, -0.05) is 227 Å². The lowest BCUT2D eigenvalue weighted by atomic mass is 9.97. The molecule has 14 nitrogen and oxygen atoms in total. The Balaban J connectivity index is 1.79. The molecule has 0 spiro atoms. The first-order valence-corrected chi connectivity index (χ1v) is 30.8. The second-order valence-corrected chi connectivity index (χ2v) is 21.5. The van der Waals surface area contributed by atoms with Crippen LogP contribution in [0.1, 0.15) is 219 Å². The summed E-state index contributed by atoms with van der Waals surface area (Å²) in [5.41, 5.74) is 0. The highest BCUT2D eigenvalue weighted by molar-refractivity contribution is 5.76. The third kappa shape index (κ3) is 33.8. The van der Waals surface area contributed by atoms with E-state index in [9.17, 15) is 45.6 Å². The molecule has 14 heteroatoms. The van der Waals surface area contributed by atoms with E-state index in [2.05, 4.69) is 92.1 Å². The molecule has 2 aliphatic heterocycles.